The van der Waals surface area contributed by atoms with E-state index in [1.54, 1.807) is 7.11 Å². The van der Waals surface area contributed by atoms with Crippen LogP contribution in [0.3, 0.4) is 0 Å². The van der Waals surface area contributed by atoms with E-state index in [1.165, 1.54) is 49.2 Å². The van der Waals surface area contributed by atoms with E-state index in [0.29, 0.717) is 0 Å². The molecule has 1 aliphatic rings. The smallest absolute Gasteiger partial charge is 0.0587 e. The number of hydrogen-bond acceptors (Lipinski definition) is 3. The molecule has 1 aromatic carbocycles. The number of rotatable bonds is 7. The third kappa shape index (κ3) is 4.72. The molecule has 1 heterocycles. The number of nitrogens with zero attached hydrogens (tertiary/aromatic N) is 1. The summed E-state index contributed by atoms with van der Waals surface area (Å²) in [5, 5.41) is 3.41. The Bertz CT molecular complexity index is 433. The largest absolute Gasteiger partial charge is 0.383 e. The summed E-state index contributed by atoms with van der Waals surface area (Å²) >= 11 is 0. The zero-order valence-corrected chi connectivity index (χ0v) is 13.8. The minimum Gasteiger partial charge on any atom is -0.383 e. The molecular formula is C18H30N2O. The number of nitrogens with one attached hydrogen (secondary N) is 1. The number of hydrogen-bond donors (Lipinski definition) is 1. The van der Waals surface area contributed by atoms with Gasteiger partial charge in [0.05, 0.1) is 6.61 Å². The van der Waals surface area contributed by atoms with Gasteiger partial charge in [-0.2, -0.15) is 0 Å². The fourth-order valence-electron chi connectivity index (χ4n) is 3.21. The number of anilines is 1. The molecule has 3 heteroatoms. The zero-order chi connectivity index (χ0) is 15.1. The molecule has 1 aromatic rings. The predicted molar refractivity (Wildman–Crippen MR) is 90.0 cm³/mol. The highest BCUT2D eigenvalue weighted by Gasteiger charge is 2.19. The fourth-order valence-corrected chi connectivity index (χ4v) is 3.21. The highest BCUT2D eigenvalue weighted by Crippen LogP contribution is 2.27. The number of ether oxygens (including phenoxy) is 1. The summed E-state index contributed by atoms with van der Waals surface area (Å²) < 4.78 is 5.05. The van der Waals surface area contributed by atoms with Crippen molar-refractivity contribution in [1.29, 1.82) is 0 Å². The molecule has 1 unspecified atom stereocenters. The standard InChI is InChI=1S/C18H30N2O/c1-4-16-6-5-10-20(14-16)18-8-7-17(12-15(18)2)13-19-9-11-21-3/h7-8,12,16,19H,4-6,9-11,13-14H2,1-3H3. The van der Waals surface area contributed by atoms with Crippen LogP contribution in [-0.2, 0) is 11.3 Å². The summed E-state index contributed by atoms with van der Waals surface area (Å²) in [7, 11) is 1.74. The molecule has 0 saturated carbocycles. The van der Waals surface area contributed by atoms with E-state index in [-0.39, 0.29) is 0 Å². The van der Waals surface area contributed by atoms with Crippen LogP contribution in [0.1, 0.15) is 37.3 Å². The summed E-state index contributed by atoms with van der Waals surface area (Å²) in [6.07, 6.45) is 4.03. The van der Waals surface area contributed by atoms with Gasteiger partial charge in [0, 0.05) is 39.0 Å². The molecular weight excluding hydrogens is 260 g/mol. The third-order valence-corrected chi connectivity index (χ3v) is 4.51. The molecule has 1 atom stereocenters. The van der Waals surface area contributed by atoms with Gasteiger partial charge in [-0.25, -0.2) is 0 Å². The molecule has 3 nitrogen and oxygen atoms in total. The molecule has 1 aliphatic heterocycles. The van der Waals surface area contributed by atoms with Crippen molar-refractivity contribution in [2.75, 3.05) is 38.3 Å². The SMILES string of the molecule is CCC1CCCN(c2ccc(CNCCOC)cc2C)C1. The van der Waals surface area contributed by atoms with Crippen LogP contribution in [-0.4, -0.2) is 33.4 Å². The topological polar surface area (TPSA) is 24.5 Å². The second-order valence-electron chi connectivity index (χ2n) is 6.15. The molecule has 0 aliphatic carbocycles. The van der Waals surface area contributed by atoms with Gasteiger partial charge in [0.25, 0.3) is 0 Å². The monoisotopic (exact) mass is 290 g/mol. The number of methoxy groups -OCH3 is 1. The van der Waals surface area contributed by atoms with Crippen molar-refractivity contribution < 1.29 is 4.74 Å². The van der Waals surface area contributed by atoms with Gasteiger partial charge in [0.1, 0.15) is 0 Å². The first-order valence-electron chi connectivity index (χ1n) is 8.28. The fraction of sp³-hybridized carbons (Fsp3) is 0.667. The van der Waals surface area contributed by atoms with Gasteiger partial charge in [-0.05, 0) is 42.9 Å². The first kappa shape index (κ1) is 16.3. The maximum Gasteiger partial charge on any atom is 0.0587 e. The van der Waals surface area contributed by atoms with Crippen LogP contribution >= 0.6 is 0 Å². The van der Waals surface area contributed by atoms with E-state index in [9.17, 15) is 0 Å². The molecule has 118 valence electrons. The molecule has 21 heavy (non-hydrogen) atoms. The molecule has 0 radical (unpaired) electrons. The lowest BCUT2D eigenvalue weighted by molar-refractivity contribution is 0.199. The van der Waals surface area contributed by atoms with Gasteiger partial charge in [0.15, 0.2) is 0 Å². The summed E-state index contributed by atoms with van der Waals surface area (Å²) in [5.41, 5.74) is 4.18. The normalized spacial score (nSPS) is 19.0. The number of benzene rings is 1. The Hall–Kier alpha value is -1.06. The van der Waals surface area contributed by atoms with Crippen molar-refractivity contribution in [1.82, 2.24) is 5.32 Å². The van der Waals surface area contributed by atoms with Gasteiger partial charge in [-0.15, -0.1) is 0 Å². The maximum atomic E-state index is 5.05. The Labute approximate surface area is 129 Å². The molecule has 0 spiro atoms. The van der Waals surface area contributed by atoms with Crippen molar-refractivity contribution in [2.45, 2.75) is 39.7 Å². The summed E-state index contributed by atoms with van der Waals surface area (Å²) in [6.45, 7) is 9.58. The summed E-state index contributed by atoms with van der Waals surface area (Å²) in [4.78, 5) is 2.58. The minimum absolute atomic E-state index is 0.767. The third-order valence-electron chi connectivity index (χ3n) is 4.51. The molecule has 1 fully saturated rings. The van der Waals surface area contributed by atoms with Crippen LogP contribution in [0.25, 0.3) is 0 Å². The van der Waals surface area contributed by atoms with E-state index in [1.807, 2.05) is 0 Å². The first-order chi connectivity index (χ1) is 10.2. The molecule has 0 aromatic heterocycles. The highest BCUT2D eigenvalue weighted by molar-refractivity contribution is 5.54. The molecule has 1 N–H and O–H groups in total. The van der Waals surface area contributed by atoms with Crippen LogP contribution < -0.4 is 10.2 Å². The van der Waals surface area contributed by atoms with Gasteiger partial charge >= 0.3 is 0 Å². The van der Waals surface area contributed by atoms with E-state index in [2.05, 4.69) is 42.3 Å². The van der Waals surface area contributed by atoms with E-state index in [0.717, 1.165) is 25.6 Å². The van der Waals surface area contributed by atoms with Gasteiger partial charge < -0.3 is 15.0 Å². The number of piperidine rings is 1. The summed E-state index contributed by atoms with van der Waals surface area (Å²) in [6, 6.07) is 6.89. The van der Waals surface area contributed by atoms with Crippen molar-refractivity contribution in [3.8, 4) is 0 Å². The van der Waals surface area contributed by atoms with E-state index in [4.69, 9.17) is 4.74 Å². The highest BCUT2D eigenvalue weighted by atomic mass is 16.5. The lowest BCUT2D eigenvalue weighted by atomic mass is 9.94. The molecule has 0 amide bonds. The first-order valence-corrected chi connectivity index (χ1v) is 8.28. The van der Waals surface area contributed by atoms with Crippen molar-refractivity contribution >= 4 is 5.69 Å². The molecule has 2 rings (SSSR count). The van der Waals surface area contributed by atoms with Crippen molar-refractivity contribution in [3.63, 3.8) is 0 Å². The van der Waals surface area contributed by atoms with Crippen molar-refractivity contribution in [2.24, 2.45) is 5.92 Å². The molecule has 0 bridgehead atoms. The predicted octanol–water partition coefficient (Wildman–Crippen LogP) is 3.36. The molecule has 1 saturated heterocycles. The van der Waals surface area contributed by atoms with E-state index < -0.39 is 0 Å². The Morgan fingerprint density at radius 3 is 2.95 bits per heavy atom. The van der Waals surface area contributed by atoms with Crippen LogP contribution in [0.15, 0.2) is 18.2 Å². The van der Waals surface area contributed by atoms with Gasteiger partial charge in [-0.3, -0.25) is 0 Å². The minimum atomic E-state index is 0.767. The maximum absolute atomic E-state index is 5.05. The summed E-state index contributed by atoms with van der Waals surface area (Å²) in [5.74, 6) is 0.869. The van der Waals surface area contributed by atoms with Crippen LogP contribution in [0.4, 0.5) is 5.69 Å². The van der Waals surface area contributed by atoms with Gasteiger partial charge in [0.2, 0.25) is 0 Å². The Morgan fingerprint density at radius 2 is 2.24 bits per heavy atom. The van der Waals surface area contributed by atoms with Crippen LogP contribution in [0.5, 0.6) is 0 Å². The second-order valence-corrected chi connectivity index (χ2v) is 6.15. The average Bonchev–Trinajstić information content (AvgIpc) is 2.52. The lowest BCUT2D eigenvalue weighted by Gasteiger charge is -2.35. The van der Waals surface area contributed by atoms with E-state index >= 15 is 0 Å². The van der Waals surface area contributed by atoms with Gasteiger partial charge in [-0.1, -0.05) is 25.5 Å². The Kier molecular flexibility index (Phi) is 6.52. The van der Waals surface area contributed by atoms with Crippen LogP contribution in [0, 0.1) is 12.8 Å². The zero-order valence-electron chi connectivity index (χ0n) is 13.8. The Morgan fingerprint density at radius 1 is 1.38 bits per heavy atom. The van der Waals surface area contributed by atoms with Crippen LogP contribution in [0.2, 0.25) is 0 Å². The average molecular weight is 290 g/mol. The Balaban J connectivity index is 1.95. The quantitative estimate of drug-likeness (QED) is 0.779. The lowest BCUT2D eigenvalue weighted by Crippen LogP contribution is -2.35. The number of aryl methyl sites for hydroxylation is 1. The second kappa shape index (κ2) is 8.40. The van der Waals surface area contributed by atoms with Crippen molar-refractivity contribution in [3.05, 3.63) is 29.3 Å².